The molecule has 1 fully saturated rings. The normalized spacial score (nSPS) is 23.6. The van der Waals surface area contributed by atoms with Crippen LogP contribution in [0.5, 0.6) is 0 Å². The van der Waals surface area contributed by atoms with Crippen molar-refractivity contribution in [3.63, 3.8) is 0 Å². The van der Waals surface area contributed by atoms with Gasteiger partial charge in [0.1, 0.15) is 0 Å². The number of terminal acetylenes is 1. The van der Waals surface area contributed by atoms with Gasteiger partial charge in [-0.25, -0.2) is 0 Å². The molecule has 0 aliphatic carbocycles. The van der Waals surface area contributed by atoms with E-state index >= 15 is 0 Å². The minimum atomic E-state index is -0.119. The van der Waals surface area contributed by atoms with Crippen LogP contribution in [0.1, 0.15) is 32.6 Å². The Morgan fingerprint density at radius 3 is 3.00 bits per heavy atom. The van der Waals surface area contributed by atoms with E-state index in [0.29, 0.717) is 0 Å². The zero-order chi connectivity index (χ0) is 10.4. The van der Waals surface area contributed by atoms with Crippen LogP contribution in [0.15, 0.2) is 0 Å². The van der Waals surface area contributed by atoms with Crippen LogP contribution < -0.4 is 10.6 Å². The summed E-state index contributed by atoms with van der Waals surface area (Å²) in [5.74, 6) is 2.61. The van der Waals surface area contributed by atoms with Gasteiger partial charge >= 0.3 is 0 Å². The second-order valence-corrected chi connectivity index (χ2v) is 3.64. The van der Waals surface area contributed by atoms with Crippen molar-refractivity contribution in [1.29, 1.82) is 0 Å². The lowest BCUT2D eigenvalue weighted by atomic mass is 10.0. The average molecular weight is 194 g/mol. The first-order chi connectivity index (χ1) is 6.77. The molecule has 1 heterocycles. The molecule has 0 spiro atoms. The van der Waals surface area contributed by atoms with E-state index in [-0.39, 0.29) is 18.0 Å². The van der Waals surface area contributed by atoms with Crippen molar-refractivity contribution in [3.05, 3.63) is 0 Å². The third-order valence-electron chi connectivity index (χ3n) is 2.55. The van der Waals surface area contributed by atoms with Gasteiger partial charge < -0.3 is 10.6 Å². The van der Waals surface area contributed by atoms with E-state index in [1.165, 1.54) is 0 Å². The number of hydrogen-bond acceptors (Lipinski definition) is 2. The molecule has 1 amide bonds. The van der Waals surface area contributed by atoms with E-state index in [0.717, 1.165) is 32.2 Å². The molecule has 78 valence electrons. The lowest BCUT2D eigenvalue weighted by Crippen LogP contribution is -2.49. The molecule has 0 aromatic rings. The maximum Gasteiger partial charge on any atom is 0.238 e. The second kappa shape index (κ2) is 5.66. The highest BCUT2D eigenvalue weighted by atomic mass is 16.2. The molecule has 2 atom stereocenters. The van der Waals surface area contributed by atoms with Gasteiger partial charge in [-0.1, -0.05) is 19.3 Å². The molecule has 1 aliphatic heterocycles. The SMILES string of the molecule is C#CC(CC)NC(=O)[C@@H]1CCCCN1. The Labute approximate surface area is 85.6 Å². The molecule has 1 saturated heterocycles. The Morgan fingerprint density at radius 1 is 1.71 bits per heavy atom. The maximum absolute atomic E-state index is 11.7. The summed E-state index contributed by atoms with van der Waals surface area (Å²) in [5, 5.41) is 6.04. The third-order valence-corrected chi connectivity index (χ3v) is 2.55. The Bertz CT molecular complexity index is 226. The van der Waals surface area contributed by atoms with Crippen LogP contribution in [0.2, 0.25) is 0 Å². The van der Waals surface area contributed by atoms with Gasteiger partial charge in [-0.15, -0.1) is 6.42 Å². The Hall–Kier alpha value is -1.01. The number of carbonyl (C=O) groups is 1. The Morgan fingerprint density at radius 2 is 2.50 bits per heavy atom. The van der Waals surface area contributed by atoms with Crippen LogP contribution in [0, 0.1) is 12.3 Å². The van der Waals surface area contributed by atoms with Crippen LogP contribution in [-0.4, -0.2) is 24.5 Å². The first kappa shape index (κ1) is 11.1. The summed E-state index contributed by atoms with van der Waals surface area (Å²) < 4.78 is 0. The number of amides is 1. The second-order valence-electron chi connectivity index (χ2n) is 3.64. The molecule has 0 bridgehead atoms. The van der Waals surface area contributed by atoms with E-state index in [4.69, 9.17) is 6.42 Å². The lowest BCUT2D eigenvalue weighted by molar-refractivity contribution is -0.124. The number of rotatable bonds is 3. The van der Waals surface area contributed by atoms with Crippen LogP contribution >= 0.6 is 0 Å². The van der Waals surface area contributed by atoms with Gasteiger partial charge in [0.25, 0.3) is 0 Å². The summed E-state index contributed by atoms with van der Waals surface area (Å²) in [6.07, 6.45) is 9.27. The summed E-state index contributed by atoms with van der Waals surface area (Å²) >= 11 is 0. The van der Waals surface area contributed by atoms with E-state index in [1.807, 2.05) is 6.92 Å². The van der Waals surface area contributed by atoms with Crippen molar-refractivity contribution in [2.24, 2.45) is 0 Å². The maximum atomic E-state index is 11.7. The van der Waals surface area contributed by atoms with Crippen molar-refractivity contribution in [3.8, 4) is 12.3 Å². The van der Waals surface area contributed by atoms with Crippen LogP contribution in [-0.2, 0) is 4.79 Å². The van der Waals surface area contributed by atoms with Crippen molar-refractivity contribution >= 4 is 5.91 Å². The zero-order valence-corrected chi connectivity index (χ0v) is 8.68. The fraction of sp³-hybridized carbons (Fsp3) is 0.727. The van der Waals surface area contributed by atoms with Gasteiger partial charge in [0.2, 0.25) is 5.91 Å². The van der Waals surface area contributed by atoms with Gasteiger partial charge in [-0.05, 0) is 25.8 Å². The Kier molecular flexibility index (Phi) is 4.48. The first-order valence-corrected chi connectivity index (χ1v) is 5.27. The molecule has 3 nitrogen and oxygen atoms in total. The minimum Gasteiger partial charge on any atom is -0.341 e. The number of hydrogen-bond donors (Lipinski definition) is 2. The van der Waals surface area contributed by atoms with Crippen molar-refractivity contribution in [1.82, 2.24) is 10.6 Å². The predicted molar refractivity (Wildman–Crippen MR) is 56.7 cm³/mol. The van der Waals surface area contributed by atoms with Crippen LogP contribution in [0.4, 0.5) is 0 Å². The third kappa shape index (κ3) is 3.04. The fourth-order valence-electron chi connectivity index (χ4n) is 1.61. The summed E-state index contributed by atoms with van der Waals surface area (Å²) in [4.78, 5) is 11.7. The van der Waals surface area contributed by atoms with Crippen molar-refractivity contribution in [2.45, 2.75) is 44.7 Å². The molecule has 0 radical (unpaired) electrons. The monoisotopic (exact) mass is 194 g/mol. The zero-order valence-electron chi connectivity index (χ0n) is 8.68. The van der Waals surface area contributed by atoms with Crippen molar-refractivity contribution in [2.75, 3.05) is 6.54 Å². The largest absolute Gasteiger partial charge is 0.341 e. The first-order valence-electron chi connectivity index (χ1n) is 5.27. The number of nitrogens with one attached hydrogen (secondary N) is 2. The molecule has 3 heteroatoms. The molecule has 0 saturated carbocycles. The lowest BCUT2D eigenvalue weighted by Gasteiger charge is -2.23. The summed E-state index contributed by atoms with van der Waals surface area (Å²) in [6, 6.07) is -0.155. The standard InChI is InChI=1S/C11H18N2O/c1-3-9(4-2)13-11(14)10-7-5-6-8-12-10/h1,9-10,12H,4-8H2,2H3,(H,13,14)/t9?,10-/m0/s1. The smallest absolute Gasteiger partial charge is 0.238 e. The molecular formula is C11H18N2O. The predicted octanol–water partition coefficient (Wildman–Crippen LogP) is 0.656. The summed E-state index contributed by atoms with van der Waals surface area (Å²) in [6.45, 7) is 2.91. The van der Waals surface area contributed by atoms with Crippen LogP contribution in [0.3, 0.4) is 0 Å². The topological polar surface area (TPSA) is 41.1 Å². The molecule has 0 aromatic heterocycles. The average Bonchev–Trinajstić information content (AvgIpc) is 2.26. The molecule has 2 N–H and O–H groups in total. The van der Waals surface area contributed by atoms with Crippen molar-refractivity contribution < 1.29 is 4.79 Å². The van der Waals surface area contributed by atoms with E-state index in [9.17, 15) is 4.79 Å². The summed E-state index contributed by atoms with van der Waals surface area (Å²) in [5.41, 5.74) is 0. The fourth-order valence-corrected chi connectivity index (χ4v) is 1.61. The van der Waals surface area contributed by atoms with E-state index in [2.05, 4.69) is 16.6 Å². The Balaban J connectivity index is 2.36. The number of piperidine rings is 1. The molecule has 1 unspecified atom stereocenters. The van der Waals surface area contributed by atoms with Crippen LogP contribution in [0.25, 0.3) is 0 Å². The quantitative estimate of drug-likeness (QED) is 0.648. The molecule has 1 rings (SSSR count). The van der Waals surface area contributed by atoms with Gasteiger partial charge in [-0.2, -0.15) is 0 Å². The van der Waals surface area contributed by atoms with Gasteiger partial charge in [0.15, 0.2) is 0 Å². The number of carbonyl (C=O) groups excluding carboxylic acids is 1. The van der Waals surface area contributed by atoms with Gasteiger partial charge in [0, 0.05) is 0 Å². The molecule has 14 heavy (non-hydrogen) atoms. The van der Waals surface area contributed by atoms with E-state index in [1.54, 1.807) is 0 Å². The molecular weight excluding hydrogens is 176 g/mol. The van der Waals surface area contributed by atoms with Gasteiger partial charge in [-0.3, -0.25) is 4.79 Å². The summed E-state index contributed by atoms with van der Waals surface area (Å²) in [7, 11) is 0. The molecule has 1 aliphatic rings. The highest BCUT2D eigenvalue weighted by Crippen LogP contribution is 2.07. The van der Waals surface area contributed by atoms with E-state index < -0.39 is 0 Å². The highest BCUT2D eigenvalue weighted by molar-refractivity contribution is 5.82. The minimum absolute atomic E-state index is 0.0360. The van der Waals surface area contributed by atoms with Gasteiger partial charge in [0.05, 0.1) is 12.1 Å². The molecule has 0 aromatic carbocycles. The highest BCUT2D eigenvalue weighted by Gasteiger charge is 2.21.